The van der Waals surface area contributed by atoms with Crippen molar-refractivity contribution in [1.29, 1.82) is 0 Å². The van der Waals surface area contributed by atoms with E-state index in [0.29, 0.717) is 12.2 Å². The van der Waals surface area contributed by atoms with Crippen LogP contribution in [0.4, 0.5) is 0 Å². The molecule has 1 aliphatic carbocycles. The van der Waals surface area contributed by atoms with Gasteiger partial charge in [-0.05, 0) is 56.0 Å². The van der Waals surface area contributed by atoms with Crippen LogP contribution in [-0.2, 0) is 6.42 Å². The fraction of sp³-hybridized carbons (Fsp3) is 0.192. The second-order valence-corrected chi connectivity index (χ2v) is 9.47. The van der Waals surface area contributed by atoms with Crippen LogP contribution in [0.3, 0.4) is 0 Å². The Bertz CT molecular complexity index is 1320. The smallest absolute Gasteiger partial charge is 0.195 e. The fourth-order valence-corrected chi connectivity index (χ4v) is 5.77. The SMILES string of the molecule is Cc1ncsc1C1=C(c2scnc2C)c2ccc(OCCCc3ccccc3)cc2C1=O. The Labute approximate surface area is 195 Å². The molecule has 5 rings (SSSR count). The second kappa shape index (κ2) is 8.81. The van der Waals surface area contributed by atoms with Crippen molar-refractivity contribution in [2.24, 2.45) is 0 Å². The predicted octanol–water partition coefficient (Wildman–Crippen LogP) is 6.38. The molecule has 0 aliphatic heterocycles. The van der Waals surface area contributed by atoms with Gasteiger partial charge in [-0.25, -0.2) is 9.97 Å². The van der Waals surface area contributed by atoms with E-state index in [1.807, 2.05) is 43.6 Å². The summed E-state index contributed by atoms with van der Waals surface area (Å²) < 4.78 is 6.01. The summed E-state index contributed by atoms with van der Waals surface area (Å²) in [5.74, 6) is 0.762. The van der Waals surface area contributed by atoms with Crippen molar-refractivity contribution >= 4 is 39.6 Å². The number of benzene rings is 2. The average molecular weight is 459 g/mol. The van der Waals surface area contributed by atoms with E-state index < -0.39 is 0 Å². The normalized spacial score (nSPS) is 13.0. The van der Waals surface area contributed by atoms with Gasteiger partial charge in [-0.15, -0.1) is 22.7 Å². The van der Waals surface area contributed by atoms with Crippen LogP contribution in [0.5, 0.6) is 5.75 Å². The highest BCUT2D eigenvalue weighted by Crippen LogP contribution is 2.46. The highest BCUT2D eigenvalue weighted by atomic mass is 32.1. The predicted molar refractivity (Wildman–Crippen MR) is 131 cm³/mol. The fourth-order valence-electron chi connectivity index (χ4n) is 4.05. The van der Waals surface area contributed by atoms with E-state index in [0.717, 1.165) is 56.4 Å². The van der Waals surface area contributed by atoms with Crippen molar-refractivity contribution in [1.82, 2.24) is 9.97 Å². The van der Waals surface area contributed by atoms with Crippen molar-refractivity contribution in [2.75, 3.05) is 6.61 Å². The van der Waals surface area contributed by atoms with Crippen LogP contribution < -0.4 is 4.74 Å². The maximum atomic E-state index is 13.6. The molecule has 2 heterocycles. The van der Waals surface area contributed by atoms with E-state index in [1.165, 1.54) is 16.9 Å². The van der Waals surface area contributed by atoms with E-state index in [9.17, 15) is 4.79 Å². The van der Waals surface area contributed by atoms with E-state index in [-0.39, 0.29) is 5.78 Å². The van der Waals surface area contributed by atoms with E-state index in [2.05, 4.69) is 34.2 Å². The van der Waals surface area contributed by atoms with Gasteiger partial charge < -0.3 is 4.74 Å². The maximum absolute atomic E-state index is 13.6. The van der Waals surface area contributed by atoms with Crippen LogP contribution in [0, 0.1) is 13.8 Å². The quantitative estimate of drug-likeness (QED) is 0.301. The summed E-state index contributed by atoms with van der Waals surface area (Å²) in [6.07, 6.45) is 1.89. The van der Waals surface area contributed by atoms with Gasteiger partial charge in [-0.3, -0.25) is 4.79 Å². The molecule has 32 heavy (non-hydrogen) atoms. The Kier molecular flexibility index (Phi) is 5.72. The number of ketones is 1. The minimum atomic E-state index is 0.0323. The third kappa shape index (κ3) is 3.80. The van der Waals surface area contributed by atoms with Crippen LogP contribution in [0.25, 0.3) is 11.1 Å². The first kappa shape index (κ1) is 20.8. The second-order valence-electron chi connectivity index (χ2n) is 7.76. The van der Waals surface area contributed by atoms with Crippen LogP contribution in [0.1, 0.15) is 49.0 Å². The molecule has 1 aliphatic rings. The Hall–Kier alpha value is -3.09. The Morgan fingerprint density at radius 2 is 1.53 bits per heavy atom. The molecule has 6 heteroatoms. The Morgan fingerprint density at radius 1 is 0.844 bits per heavy atom. The lowest BCUT2D eigenvalue weighted by molar-refractivity contribution is 0.105. The number of nitrogens with zero attached hydrogens (tertiary/aromatic N) is 2. The van der Waals surface area contributed by atoms with E-state index in [1.54, 1.807) is 16.8 Å². The number of ether oxygens (including phenoxy) is 1. The number of aromatic nitrogens is 2. The van der Waals surface area contributed by atoms with E-state index in [4.69, 9.17) is 4.74 Å². The molecule has 2 aromatic heterocycles. The first-order chi connectivity index (χ1) is 15.6. The van der Waals surface area contributed by atoms with Crippen molar-refractivity contribution in [3.8, 4) is 5.75 Å². The van der Waals surface area contributed by atoms with Crippen molar-refractivity contribution in [2.45, 2.75) is 26.7 Å². The topological polar surface area (TPSA) is 52.1 Å². The zero-order valence-electron chi connectivity index (χ0n) is 17.9. The van der Waals surface area contributed by atoms with Crippen molar-refractivity contribution in [3.63, 3.8) is 0 Å². The number of carbonyl (C=O) groups excluding carboxylic acids is 1. The minimum absolute atomic E-state index is 0.0323. The Balaban J connectivity index is 1.43. The van der Waals surface area contributed by atoms with Gasteiger partial charge in [0.1, 0.15) is 5.75 Å². The number of hydrogen-bond acceptors (Lipinski definition) is 6. The maximum Gasteiger partial charge on any atom is 0.195 e. The van der Waals surface area contributed by atoms with Gasteiger partial charge in [0, 0.05) is 11.1 Å². The molecule has 2 aromatic carbocycles. The van der Waals surface area contributed by atoms with Gasteiger partial charge in [0.05, 0.1) is 44.3 Å². The number of fused-ring (bicyclic) bond motifs is 1. The molecule has 4 nitrogen and oxygen atoms in total. The Morgan fingerprint density at radius 3 is 2.19 bits per heavy atom. The van der Waals surface area contributed by atoms with Gasteiger partial charge in [-0.1, -0.05) is 30.3 Å². The van der Waals surface area contributed by atoms with Crippen LogP contribution in [0.2, 0.25) is 0 Å². The summed E-state index contributed by atoms with van der Waals surface area (Å²) in [7, 11) is 0. The van der Waals surface area contributed by atoms with Crippen LogP contribution >= 0.6 is 22.7 Å². The van der Waals surface area contributed by atoms with Gasteiger partial charge in [0.2, 0.25) is 0 Å². The summed E-state index contributed by atoms with van der Waals surface area (Å²) in [5.41, 5.74) is 10.1. The first-order valence-corrected chi connectivity index (χ1v) is 12.3. The average Bonchev–Trinajstić information content (AvgIpc) is 3.49. The number of hydrogen-bond donors (Lipinski definition) is 0. The molecular weight excluding hydrogens is 436 g/mol. The third-order valence-electron chi connectivity index (χ3n) is 5.65. The standard InChI is InChI=1S/C26H22N2O2S2/c1-16-25(31-14-27-16)22-20-11-10-19(30-12-6-9-18-7-4-3-5-8-18)13-21(20)24(29)23(22)26-17(2)28-15-32-26/h3-5,7-8,10-11,13-15H,6,9,12H2,1-2H3. The summed E-state index contributed by atoms with van der Waals surface area (Å²) in [4.78, 5) is 24.4. The lowest BCUT2D eigenvalue weighted by Crippen LogP contribution is -2.02. The highest BCUT2D eigenvalue weighted by molar-refractivity contribution is 7.12. The molecule has 4 aromatic rings. The van der Waals surface area contributed by atoms with E-state index >= 15 is 0 Å². The van der Waals surface area contributed by atoms with Crippen LogP contribution in [0.15, 0.2) is 59.6 Å². The highest BCUT2D eigenvalue weighted by Gasteiger charge is 2.34. The van der Waals surface area contributed by atoms with Gasteiger partial charge in [-0.2, -0.15) is 0 Å². The summed E-state index contributed by atoms with van der Waals surface area (Å²) in [6, 6.07) is 16.3. The van der Waals surface area contributed by atoms with Crippen molar-refractivity contribution < 1.29 is 9.53 Å². The molecule has 0 spiro atoms. The molecule has 0 fully saturated rings. The molecule has 160 valence electrons. The zero-order valence-corrected chi connectivity index (χ0v) is 19.6. The molecule has 0 saturated carbocycles. The monoisotopic (exact) mass is 458 g/mol. The molecule has 0 unspecified atom stereocenters. The molecule has 0 amide bonds. The molecule has 0 saturated heterocycles. The molecule has 0 radical (unpaired) electrons. The number of carbonyl (C=O) groups is 1. The summed E-state index contributed by atoms with van der Waals surface area (Å²) >= 11 is 3.08. The van der Waals surface area contributed by atoms with Crippen LogP contribution in [-0.4, -0.2) is 22.4 Å². The molecule has 0 bridgehead atoms. The van der Waals surface area contributed by atoms with Gasteiger partial charge in [0.25, 0.3) is 0 Å². The van der Waals surface area contributed by atoms with Crippen molar-refractivity contribution in [3.05, 3.63) is 97.4 Å². The lowest BCUT2D eigenvalue weighted by Gasteiger charge is -2.09. The molecule has 0 N–H and O–H groups in total. The molecule has 0 atom stereocenters. The summed E-state index contributed by atoms with van der Waals surface area (Å²) in [6.45, 7) is 4.55. The number of thiazole rings is 2. The number of allylic oxidation sites excluding steroid dienone is 1. The van der Waals surface area contributed by atoms with Gasteiger partial charge in [0.15, 0.2) is 5.78 Å². The largest absolute Gasteiger partial charge is 0.494 e. The number of rotatable bonds is 7. The lowest BCUT2D eigenvalue weighted by atomic mass is 10.0. The third-order valence-corrected chi connectivity index (χ3v) is 7.54. The first-order valence-electron chi connectivity index (χ1n) is 10.5. The van der Waals surface area contributed by atoms with Gasteiger partial charge >= 0.3 is 0 Å². The summed E-state index contributed by atoms with van der Waals surface area (Å²) in [5, 5.41) is 0. The molecular formula is C26H22N2O2S2. The minimum Gasteiger partial charge on any atom is -0.494 e. The number of Topliss-reactive ketones (excluding diaryl/α,β-unsaturated/α-hetero) is 1. The zero-order chi connectivity index (χ0) is 22.1. The number of aryl methyl sites for hydroxylation is 3.